The maximum absolute atomic E-state index is 12.4. The standard InChI is InChI=1S/C22H25NO7S/c1-3-31(26,27)23-12-10-16-14-17(8-9-18(16)23)19(24)15-30-22(25)11-13-29-21-7-5-4-6-20(21)28-2/h4-9,14H,3,10-13,15H2,1-2H3. The maximum Gasteiger partial charge on any atom is 0.309 e. The zero-order valence-corrected chi connectivity index (χ0v) is 18.3. The fourth-order valence-electron chi connectivity index (χ4n) is 3.27. The Morgan fingerprint density at radius 2 is 1.84 bits per heavy atom. The van der Waals surface area contributed by atoms with Gasteiger partial charge in [0.15, 0.2) is 23.9 Å². The van der Waals surface area contributed by atoms with E-state index in [1.807, 2.05) is 6.07 Å². The normalized spacial score (nSPS) is 12.9. The molecule has 0 amide bonds. The average Bonchev–Trinajstić information content (AvgIpc) is 3.22. The van der Waals surface area contributed by atoms with Gasteiger partial charge in [-0.05, 0) is 49.2 Å². The number of rotatable bonds is 10. The summed E-state index contributed by atoms with van der Waals surface area (Å²) < 4.78 is 41.4. The zero-order valence-electron chi connectivity index (χ0n) is 17.5. The Labute approximate surface area is 181 Å². The van der Waals surface area contributed by atoms with Gasteiger partial charge >= 0.3 is 5.97 Å². The van der Waals surface area contributed by atoms with Crippen molar-refractivity contribution in [3.05, 3.63) is 53.6 Å². The van der Waals surface area contributed by atoms with Crippen LogP contribution in [0.4, 0.5) is 5.69 Å². The second kappa shape index (κ2) is 9.82. The summed E-state index contributed by atoms with van der Waals surface area (Å²) in [5.41, 5.74) is 1.77. The molecule has 0 spiro atoms. The molecule has 1 aliphatic rings. The van der Waals surface area contributed by atoms with Crippen molar-refractivity contribution in [1.29, 1.82) is 0 Å². The van der Waals surface area contributed by atoms with Crippen LogP contribution in [-0.4, -0.2) is 52.8 Å². The molecule has 0 radical (unpaired) electrons. The van der Waals surface area contributed by atoms with Crippen LogP contribution < -0.4 is 13.8 Å². The number of carbonyl (C=O) groups excluding carboxylic acids is 2. The van der Waals surface area contributed by atoms with Crippen molar-refractivity contribution >= 4 is 27.5 Å². The van der Waals surface area contributed by atoms with Crippen LogP contribution in [0.1, 0.15) is 29.3 Å². The summed E-state index contributed by atoms with van der Waals surface area (Å²) in [6.45, 7) is 1.67. The molecule has 0 saturated heterocycles. The Morgan fingerprint density at radius 1 is 1.10 bits per heavy atom. The van der Waals surface area contributed by atoms with Crippen LogP contribution >= 0.6 is 0 Å². The number of fused-ring (bicyclic) bond motifs is 1. The van der Waals surface area contributed by atoms with E-state index in [2.05, 4.69) is 0 Å². The van der Waals surface area contributed by atoms with Crippen LogP contribution in [0.3, 0.4) is 0 Å². The van der Waals surface area contributed by atoms with Gasteiger partial charge in [0.25, 0.3) is 0 Å². The van der Waals surface area contributed by atoms with Crippen LogP contribution in [0.2, 0.25) is 0 Å². The van der Waals surface area contributed by atoms with Gasteiger partial charge in [0.2, 0.25) is 10.0 Å². The van der Waals surface area contributed by atoms with E-state index in [9.17, 15) is 18.0 Å². The number of hydrogen-bond donors (Lipinski definition) is 0. The summed E-state index contributed by atoms with van der Waals surface area (Å²) in [5.74, 6) is 0.200. The number of ketones is 1. The number of hydrogen-bond acceptors (Lipinski definition) is 7. The van der Waals surface area contributed by atoms with Crippen LogP contribution in [-0.2, 0) is 26.0 Å². The summed E-state index contributed by atoms with van der Waals surface area (Å²) in [6, 6.07) is 11.9. The van der Waals surface area contributed by atoms with Gasteiger partial charge in [-0.3, -0.25) is 13.9 Å². The number of Topliss-reactive ketones (excluding diaryl/α,β-unsaturated/α-hetero) is 1. The fraction of sp³-hybridized carbons (Fsp3) is 0.364. The Morgan fingerprint density at radius 3 is 2.55 bits per heavy atom. The number of benzene rings is 2. The summed E-state index contributed by atoms with van der Waals surface area (Å²) in [6.07, 6.45) is 0.523. The maximum atomic E-state index is 12.4. The minimum absolute atomic E-state index is 0.0145. The second-order valence-electron chi connectivity index (χ2n) is 6.90. The smallest absolute Gasteiger partial charge is 0.309 e. The molecule has 0 unspecified atom stereocenters. The Balaban J connectivity index is 1.50. The molecule has 0 saturated carbocycles. The van der Waals surface area contributed by atoms with E-state index in [0.29, 0.717) is 35.7 Å². The Bertz CT molecular complexity index is 1070. The summed E-state index contributed by atoms with van der Waals surface area (Å²) in [7, 11) is -1.81. The molecule has 1 heterocycles. The van der Waals surface area contributed by atoms with Gasteiger partial charge in [0, 0.05) is 12.1 Å². The number of ether oxygens (including phenoxy) is 3. The molecule has 0 aromatic heterocycles. The largest absolute Gasteiger partial charge is 0.493 e. The van der Waals surface area contributed by atoms with Gasteiger partial charge in [-0.2, -0.15) is 0 Å². The second-order valence-corrected chi connectivity index (χ2v) is 9.08. The molecular formula is C22H25NO7S. The molecule has 0 fully saturated rings. The van der Waals surface area contributed by atoms with E-state index in [0.717, 1.165) is 5.56 Å². The van der Waals surface area contributed by atoms with Crippen LogP contribution in [0.25, 0.3) is 0 Å². The topological polar surface area (TPSA) is 99.2 Å². The minimum atomic E-state index is -3.34. The highest BCUT2D eigenvalue weighted by molar-refractivity contribution is 7.92. The van der Waals surface area contributed by atoms with Crippen LogP contribution in [0.5, 0.6) is 11.5 Å². The zero-order chi connectivity index (χ0) is 22.4. The van der Waals surface area contributed by atoms with Gasteiger partial charge in [0.05, 0.1) is 31.6 Å². The van der Waals surface area contributed by atoms with Gasteiger partial charge in [-0.15, -0.1) is 0 Å². The predicted octanol–water partition coefficient (Wildman–Crippen LogP) is 2.60. The fourth-order valence-corrected chi connectivity index (χ4v) is 4.43. The van der Waals surface area contributed by atoms with Crippen molar-refractivity contribution in [2.24, 2.45) is 0 Å². The summed E-state index contributed by atoms with van der Waals surface area (Å²) in [4.78, 5) is 24.3. The third-order valence-corrected chi connectivity index (χ3v) is 6.73. The number of sulfonamides is 1. The molecule has 31 heavy (non-hydrogen) atoms. The average molecular weight is 448 g/mol. The third kappa shape index (κ3) is 5.35. The molecule has 166 valence electrons. The Kier molecular flexibility index (Phi) is 7.17. The van der Waals surface area contributed by atoms with Crippen LogP contribution in [0.15, 0.2) is 42.5 Å². The molecule has 8 nitrogen and oxygen atoms in total. The lowest BCUT2D eigenvalue weighted by atomic mass is 10.1. The number of nitrogens with zero attached hydrogens (tertiary/aromatic N) is 1. The van der Waals surface area contributed by atoms with E-state index in [1.165, 1.54) is 11.4 Å². The molecule has 2 aromatic rings. The van der Waals surface area contributed by atoms with Crippen molar-refractivity contribution in [3.8, 4) is 11.5 Å². The Hall–Kier alpha value is -3.07. The molecule has 0 bridgehead atoms. The molecule has 3 rings (SSSR count). The number of para-hydroxylation sites is 2. The SMILES string of the molecule is CCS(=O)(=O)N1CCc2cc(C(=O)COC(=O)CCOc3ccccc3OC)ccc21. The van der Waals surface area contributed by atoms with E-state index < -0.39 is 16.0 Å². The number of anilines is 1. The number of esters is 1. The highest BCUT2D eigenvalue weighted by Crippen LogP contribution is 2.31. The predicted molar refractivity (Wildman–Crippen MR) is 115 cm³/mol. The lowest BCUT2D eigenvalue weighted by Crippen LogP contribution is -2.30. The van der Waals surface area contributed by atoms with Crippen molar-refractivity contribution < 1.29 is 32.2 Å². The highest BCUT2D eigenvalue weighted by atomic mass is 32.2. The van der Waals surface area contributed by atoms with E-state index >= 15 is 0 Å². The first-order chi connectivity index (χ1) is 14.9. The third-order valence-electron chi connectivity index (χ3n) is 4.95. The quantitative estimate of drug-likeness (QED) is 0.408. The van der Waals surface area contributed by atoms with Crippen molar-refractivity contribution in [2.45, 2.75) is 19.8 Å². The molecule has 2 aromatic carbocycles. The summed E-state index contributed by atoms with van der Waals surface area (Å²) in [5, 5.41) is 0. The van der Waals surface area contributed by atoms with Crippen molar-refractivity contribution in [2.75, 3.05) is 36.9 Å². The minimum Gasteiger partial charge on any atom is -0.493 e. The molecule has 0 atom stereocenters. The van der Waals surface area contributed by atoms with Gasteiger partial charge in [-0.25, -0.2) is 8.42 Å². The first-order valence-corrected chi connectivity index (χ1v) is 11.5. The first-order valence-electron chi connectivity index (χ1n) is 9.93. The first kappa shape index (κ1) is 22.6. The molecule has 1 aliphatic heterocycles. The monoisotopic (exact) mass is 447 g/mol. The molecule has 0 N–H and O–H groups in total. The van der Waals surface area contributed by atoms with Crippen LogP contribution in [0, 0.1) is 0 Å². The molecule has 9 heteroatoms. The lowest BCUT2D eigenvalue weighted by Gasteiger charge is -2.18. The molecule has 0 aliphatic carbocycles. The number of methoxy groups -OCH3 is 1. The number of carbonyl (C=O) groups is 2. The highest BCUT2D eigenvalue weighted by Gasteiger charge is 2.28. The van der Waals surface area contributed by atoms with Gasteiger partial charge in [0.1, 0.15) is 0 Å². The van der Waals surface area contributed by atoms with Crippen molar-refractivity contribution in [1.82, 2.24) is 0 Å². The van der Waals surface area contributed by atoms with E-state index in [1.54, 1.807) is 43.3 Å². The van der Waals surface area contributed by atoms with E-state index in [-0.39, 0.29) is 31.2 Å². The van der Waals surface area contributed by atoms with Crippen molar-refractivity contribution in [3.63, 3.8) is 0 Å². The van der Waals surface area contributed by atoms with E-state index in [4.69, 9.17) is 14.2 Å². The van der Waals surface area contributed by atoms with Gasteiger partial charge < -0.3 is 14.2 Å². The van der Waals surface area contributed by atoms with Gasteiger partial charge in [-0.1, -0.05) is 12.1 Å². The lowest BCUT2D eigenvalue weighted by molar-refractivity contribution is -0.143. The molecular weight excluding hydrogens is 422 g/mol. The summed E-state index contributed by atoms with van der Waals surface area (Å²) >= 11 is 0.